The zero-order valence-electron chi connectivity index (χ0n) is 10.7. The number of nitrogens with one attached hydrogen (secondary N) is 1. The van der Waals surface area contributed by atoms with Crippen LogP contribution in [0.1, 0.15) is 44.9 Å². The molecule has 0 saturated carbocycles. The lowest BCUT2D eigenvalue weighted by atomic mass is 9.86. The summed E-state index contributed by atoms with van der Waals surface area (Å²) < 4.78 is 0. The Bertz CT molecular complexity index is 357. The molecule has 3 N–H and O–H groups in total. The van der Waals surface area contributed by atoms with Gasteiger partial charge in [-0.05, 0) is 23.5 Å². The Balaban J connectivity index is 2.98. The molecule has 0 aliphatic carbocycles. The van der Waals surface area contributed by atoms with Crippen molar-refractivity contribution >= 4 is 0 Å². The van der Waals surface area contributed by atoms with Crippen molar-refractivity contribution in [1.82, 2.24) is 5.43 Å². The fourth-order valence-corrected chi connectivity index (χ4v) is 1.70. The summed E-state index contributed by atoms with van der Waals surface area (Å²) in [6, 6.07) is 8.57. The van der Waals surface area contributed by atoms with Gasteiger partial charge >= 0.3 is 0 Å². The van der Waals surface area contributed by atoms with Gasteiger partial charge in [0.25, 0.3) is 0 Å². The van der Waals surface area contributed by atoms with E-state index in [1.807, 2.05) is 6.92 Å². The number of benzene rings is 1. The fourth-order valence-electron chi connectivity index (χ4n) is 1.70. The van der Waals surface area contributed by atoms with E-state index >= 15 is 0 Å². The second-order valence-corrected chi connectivity index (χ2v) is 5.32. The summed E-state index contributed by atoms with van der Waals surface area (Å²) in [5.41, 5.74) is 6.47. The van der Waals surface area contributed by atoms with Crippen LogP contribution < -0.4 is 11.3 Å². The van der Waals surface area contributed by atoms with Crippen LogP contribution in [0.2, 0.25) is 0 Å². The average molecular weight is 218 g/mol. The summed E-state index contributed by atoms with van der Waals surface area (Å²) in [5, 5.41) is 0. The van der Waals surface area contributed by atoms with Gasteiger partial charge in [-0.25, -0.2) is 5.43 Å². The monoisotopic (exact) mass is 218 g/mol. The van der Waals surface area contributed by atoms with E-state index in [-0.39, 0.29) is 11.5 Å². The maximum Gasteiger partial charge on any atom is 0.0664 e. The molecule has 0 fully saturated rings. The third kappa shape index (κ3) is 2.94. The molecule has 1 atom stereocenters. The third-order valence-electron chi connectivity index (χ3n) is 2.77. The van der Waals surface area contributed by atoms with Crippen molar-refractivity contribution in [3.63, 3.8) is 0 Å². The van der Waals surface area contributed by atoms with E-state index in [1.54, 1.807) is 0 Å². The van der Waals surface area contributed by atoms with Gasteiger partial charge in [0.2, 0.25) is 0 Å². The first-order chi connectivity index (χ1) is 7.36. The molecule has 1 unspecified atom stereocenters. The fraction of sp³-hybridized carbons (Fsp3) is 0.429. The molecular formula is C14H22N2. The minimum Gasteiger partial charge on any atom is -0.271 e. The van der Waals surface area contributed by atoms with Crippen LogP contribution in [0.5, 0.6) is 0 Å². The van der Waals surface area contributed by atoms with Crippen LogP contribution in [0, 0.1) is 0 Å². The molecule has 0 aromatic heterocycles. The highest BCUT2D eigenvalue weighted by Crippen LogP contribution is 2.25. The molecule has 1 aromatic carbocycles. The highest BCUT2D eigenvalue weighted by Gasteiger charge is 2.15. The van der Waals surface area contributed by atoms with Crippen molar-refractivity contribution in [2.45, 2.75) is 39.2 Å². The van der Waals surface area contributed by atoms with Crippen molar-refractivity contribution in [1.29, 1.82) is 0 Å². The standard InChI is InChI=1S/C14H22N2/c1-10(2)13(16-15)11-6-8-12(9-7-11)14(3,4)5/h6-9,13,16H,1,15H2,2-5H3. The lowest BCUT2D eigenvalue weighted by Gasteiger charge is -2.21. The molecule has 1 rings (SSSR count). The average Bonchev–Trinajstić information content (AvgIpc) is 2.17. The van der Waals surface area contributed by atoms with E-state index in [1.165, 1.54) is 5.56 Å². The van der Waals surface area contributed by atoms with Gasteiger partial charge in [-0.3, -0.25) is 5.84 Å². The Morgan fingerprint density at radius 1 is 1.25 bits per heavy atom. The second-order valence-electron chi connectivity index (χ2n) is 5.32. The van der Waals surface area contributed by atoms with Gasteiger partial charge in [-0.1, -0.05) is 57.2 Å². The van der Waals surface area contributed by atoms with Gasteiger partial charge in [0.1, 0.15) is 0 Å². The van der Waals surface area contributed by atoms with Crippen LogP contribution >= 0.6 is 0 Å². The maximum atomic E-state index is 5.52. The molecule has 0 saturated heterocycles. The van der Waals surface area contributed by atoms with E-state index in [2.05, 4.69) is 57.0 Å². The van der Waals surface area contributed by atoms with Gasteiger partial charge < -0.3 is 0 Å². The van der Waals surface area contributed by atoms with Crippen molar-refractivity contribution in [2.24, 2.45) is 5.84 Å². The van der Waals surface area contributed by atoms with E-state index in [0.717, 1.165) is 11.1 Å². The number of hydrogen-bond acceptors (Lipinski definition) is 2. The minimum atomic E-state index is 0.0361. The molecule has 0 heterocycles. The molecule has 0 aliphatic rings. The van der Waals surface area contributed by atoms with E-state index in [0.29, 0.717) is 0 Å². The molecule has 2 heteroatoms. The summed E-state index contributed by atoms with van der Waals surface area (Å²) in [4.78, 5) is 0. The largest absolute Gasteiger partial charge is 0.271 e. The van der Waals surface area contributed by atoms with Gasteiger partial charge in [0, 0.05) is 0 Å². The van der Waals surface area contributed by atoms with Crippen molar-refractivity contribution in [3.05, 3.63) is 47.5 Å². The molecule has 0 radical (unpaired) electrons. The van der Waals surface area contributed by atoms with Crippen LogP contribution in [0.15, 0.2) is 36.4 Å². The van der Waals surface area contributed by atoms with E-state index < -0.39 is 0 Å². The Morgan fingerprint density at radius 3 is 2.06 bits per heavy atom. The van der Waals surface area contributed by atoms with Crippen LogP contribution in [0.4, 0.5) is 0 Å². The van der Waals surface area contributed by atoms with Crippen molar-refractivity contribution < 1.29 is 0 Å². The van der Waals surface area contributed by atoms with Gasteiger partial charge in [-0.2, -0.15) is 0 Å². The number of hydrogen-bond donors (Lipinski definition) is 2. The topological polar surface area (TPSA) is 38.0 Å². The highest BCUT2D eigenvalue weighted by atomic mass is 15.2. The minimum absolute atomic E-state index is 0.0361. The molecule has 0 aliphatic heterocycles. The summed E-state index contributed by atoms with van der Waals surface area (Å²) >= 11 is 0. The molecule has 88 valence electrons. The van der Waals surface area contributed by atoms with E-state index in [9.17, 15) is 0 Å². The van der Waals surface area contributed by atoms with Crippen molar-refractivity contribution in [2.75, 3.05) is 0 Å². The van der Waals surface area contributed by atoms with Gasteiger partial charge in [-0.15, -0.1) is 0 Å². The Kier molecular flexibility index (Phi) is 3.89. The highest BCUT2D eigenvalue weighted by molar-refractivity contribution is 5.32. The Labute approximate surface area is 98.5 Å². The molecular weight excluding hydrogens is 196 g/mol. The first kappa shape index (κ1) is 12.9. The molecule has 0 bridgehead atoms. The van der Waals surface area contributed by atoms with Crippen molar-refractivity contribution in [3.8, 4) is 0 Å². The quantitative estimate of drug-likeness (QED) is 0.465. The van der Waals surface area contributed by atoms with E-state index in [4.69, 9.17) is 5.84 Å². The second kappa shape index (κ2) is 4.81. The SMILES string of the molecule is C=C(C)C(NN)c1ccc(C(C)(C)C)cc1. The van der Waals surface area contributed by atoms with Crippen LogP contribution in [0.3, 0.4) is 0 Å². The first-order valence-electron chi connectivity index (χ1n) is 5.58. The molecule has 16 heavy (non-hydrogen) atoms. The molecule has 1 aromatic rings. The number of hydrazine groups is 1. The zero-order valence-corrected chi connectivity index (χ0v) is 10.7. The Morgan fingerprint density at radius 2 is 1.75 bits per heavy atom. The van der Waals surface area contributed by atoms with Crippen LogP contribution in [-0.4, -0.2) is 0 Å². The predicted molar refractivity (Wildman–Crippen MR) is 70.0 cm³/mol. The van der Waals surface area contributed by atoms with Crippen LogP contribution in [-0.2, 0) is 5.41 Å². The molecule has 0 amide bonds. The van der Waals surface area contributed by atoms with Gasteiger partial charge in [0.15, 0.2) is 0 Å². The Hall–Kier alpha value is -1.12. The van der Waals surface area contributed by atoms with Gasteiger partial charge in [0.05, 0.1) is 6.04 Å². The maximum absolute atomic E-state index is 5.52. The smallest absolute Gasteiger partial charge is 0.0664 e. The zero-order chi connectivity index (χ0) is 12.3. The summed E-state index contributed by atoms with van der Waals surface area (Å²) in [6.45, 7) is 12.5. The number of rotatable bonds is 3. The molecule has 2 nitrogen and oxygen atoms in total. The normalized spacial score (nSPS) is 13.6. The summed E-state index contributed by atoms with van der Waals surface area (Å²) in [6.07, 6.45) is 0. The molecule has 0 spiro atoms. The third-order valence-corrected chi connectivity index (χ3v) is 2.77. The predicted octanol–water partition coefficient (Wildman–Crippen LogP) is 3.06. The lowest BCUT2D eigenvalue weighted by molar-refractivity contribution is 0.587. The lowest BCUT2D eigenvalue weighted by Crippen LogP contribution is -2.28. The first-order valence-corrected chi connectivity index (χ1v) is 5.58. The number of nitrogens with two attached hydrogens (primary N) is 1. The summed E-state index contributed by atoms with van der Waals surface area (Å²) in [5.74, 6) is 5.52. The van der Waals surface area contributed by atoms with Crippen LogP contribution in [0.25, 0.3) is 0 Å². The summed E-state index contributed by atoms with van der Waals surface area (Å²) in [7, 11) is 0.